The summed E-state index contributed by atoms with van der Waals surface area (Å²) in [5.41, 5.74) is 7.82. The highest BCUT2D eigenvalue weighted by molar-refractivity contribution is 5.43. The molecule has 2 N–H and O–H groups in total. The molecule has 1 aliphatic heterocycles. The number of aromatic nitrogens is 4. The second-order valence-corrected chi connectivity index (χ2v) is 4.54. The normalized spacial score (nSPS) is 14.7. The van der Waals surface area contributed by atoms with Crippen molar-refractivity contribution in [3.05, 3.63) is 35.5 Å². The maximum absolute atomic E-state index is 5.70. The minimum Gasteiger partial charge on any atom is -0.347 e. The van der Waals surface area contributed by atoms with E-state index in [0.717, 1.165) is 42.5 Å². The van der Waals surface area contributed by atoms with E-state index in [1.165, 1.54) is 0 Å². The molecule has 0 amide bonds. The van der Waals surface area contributed by atoms with E-state index in [2.05, 4.69) is 30.7 Å². The Kier molecular flexibility index (Phi) is 2.71. The van der Waals surface area contributed by atoms with Gasteiger partial charge in [0.15, 0.2) is 5.82 Å². The van der Waals surface area contributed by atoms with Gasteiger partial charge < -0.3 is 15.2 Å². The van der Waals surface area contributed by atoms with Crippen LogP contribution in [0.4, 0.5) is 5.82 Å². The van der Waals surface area contributed by atoms with Gasteiger partial charge in [-0.3, -0.25) is 0 Å². The molecule has 18 heavy (non-hydrogen) atoms. The summed E-state index contributed by atoms with van der Waals surface area (Å²) >= 11 is 0. The second-order valence-electron chi connectivity index (χ2n) is 4.54. The first-order valence-corrected chi connectivity index (χ1v) is 6.05. The van der Waals surface area contributed by atoms with Crippen LogP contribution in [-0.4, -0.2) is 26.3 Å². The number of fused-ring (bicyclic) bond motifs is 1. The Morgan fingerprint density at radius 2 is 2.22 bits per heavy atom. The van der Waals surface area contributed by atoms with E-state index in [0.29, 0.717) is 6.54 Å². The van der Waals surface area contributed by atoms with E-state index in [9.17, 15) is 0 Å². The molecule has 0 fully saturated rings. The molecule has 2 aromatic heterocycles. The highest BCUT2D eigenvalue weighted by Gasteiger charge is 2.18. The standard InChI is InChI=1S/C12H16N6/c1-9-4-10(6-13)5-11(15-9)17-2-3-18-8-14-16-12(18)7-17/h4-5,8H,2-3,6-7,13H2,1H3. The molecule has 0 saturated heterocycles. The van der Waals surface area contributed by atoms with Gasteiger partial charge in [0, 0.05) is 25.3 Å². The summed E-state index contributed by atoms with van der Waals surface area (Å²) in [5, 5.41) is 8.05. The van der Waals surface area contributed by atoms with Crippen molar-refractivity contribution in [3.63, 3.8) is 0 Å². The van der Waals surface area contributed by atoms with E-state index in [1.807, 2.05) is 13.0 Å². The predicted molar refractivity (Wildman–Crippen MR) is 67.9 cm³/mol. The number of nitrogens with zero attached hydrogens (tertiary/aromatic N) is 5. The Morgan fingerprint density at radius 3 is 3.06 bits per heavy atom. The monoisotopic (exact) mass is 244 g/mol. The van der Waals surface area contributed by atoms with Crippen molar-refractivity contribution >= 4 is 5.82 Å². The third-order valence-electron chi connectivity index (χ3n) is 3.20. The molecule has 0 aromatic carbocycles. The lowest BCUT2D eigenvalue weighted by molar-refractivity contribution is 0.555. The number of hydrogen-bond acceptors (Lipinski definition) is 5. The van der Waals surface area contributed by atoms with Gasteiger partial charge in [-0.15, -0.1) is 10.2 Å². The SMILES string of the molecule is Cc1cc(CN)cc(N2CCn3cnnc3C2)n1. The van der Waals surface area contributed by atoms with Gasteiger partial charge in [-0.2, -0.15) is 0 Å². The van der Waals surface area contributed by atoms with Crippen LogP contribution in [0.5, 0.6) is 0 Å². The number of aryl methyl sites for hydroxylation is 1. The topological polar surface area (TPSA) is 72.9 Å². The maximum Gasteiger partial charge on any atom is 0.152 e. The summed E-state index contributed by atoms with van der Waals surface area (Å²) in [7, 11) is 0. The fourth-order valence-corrected chi connectivity index (χ4v) is 2.26. The number of hydrogen-bond donors (Lipinski definition) is 1. The Balaban J connectivity index is 1.90. The van der Waals surface area contributed by atoms with Crippen molar-refractivity contribution in [2.75, 3.05) is 11.4 Å². The first-order valence-electron chi connectivity index (χ1n) is 6.05. The quantitative estimate of drug-likeness (QED) is 0.831. The van der Waals surface area contributed by atoms with Crippen molar-refractivity contribution in [2.24, 2.45) is 5.73 Å². The van der Waals surface area contributed by atoms with Crippen LogP contribution in [0.2, 0.25) is 0 Å². The molecule has 0 unspecified atom stereocenters. The van der Waals surface area contributed by atoms with Crippen LogP contribution in [0.25, 0.3) is 0 Å². The molecule has 0 atom stereocenters. The van der Waals surface area contributed by atoms with Crippen LogP contribution in [0.1, 0.15) is 17.1 Å². The zero-order valence-corrected chi connectivity index (χ0v) is 10.4. The predicted octanol–water partition coefficient (Wildman–Crippen LogP) is 0.460. The third-order valence-corrected chi connectivity index (χ3v) is 3.20. The van der Waals surface area contributed by atoms with Gasteiger partial charge in [0.1, 0.15) is 12.1 Å². The highest BCUT2D eigenvalue weighted by Crippen LogP contribution is 2.19. The zero-order chi connectivity index (χ0) is 12.5. The zero-order valence-electron chi connectivity index (χ0n) is 10.4. The second kappa shape index (κ2) is 4.38. The van der Waals surface area contributed by atoms with E-state index in [4.69, 9.17) is 5.73 Å². The molecule has 3 heterocycles. The molecule has 6 heteroatoms. The van der Waals surface area contributed by atoms with Crippen LogP contribution in [0.15, 0.2) is 18.5 Å². The van der Waals surface area contributed by atoms with Gasteiger partial charge in [0.2, 0.25) is 0 Å². The van der Waals surface area contributed by atoms with Gasteiger partial charge in [-0.25, -0.2) is 4.98 Å². The number of nitrogens with two attached hydrogens (primary N) is 1. The largest absolute Gasteiger partial charge is 0.347 e. The van der Waals surface area contributed by atoms with Crippen molar-refractivity contribution in [2.45, 2.75) is 26.6 Å². The summed E-state index contributed by atoms with van der Waals surface area (Å²) in [6.07, 6.45) is 1.78. The Labute approximate surface area is 105 Å². The number of rotatable bonds is 2. The lowest BCUT2D eigenvalue weighted by Gasteiger charge is -2.28. The first-order chi connectivity index (χ1) is 8.76. The first kappa shape index (κ1) is 11.2. The summed E-state index contributed by atoms with van der Waals surface area (Å²) in [4.78, 5) is 6.79. The fraction of sp³-hybridized carbons (Fsp3) is 0.417. The molecule has 0 spiro atoms. The maximum atomic E-state index is 5.70. The molecule has 0 bridgehead atoms. The molecule has 6 nitrogen and oxygen atoms in total. The molecule has 0 radical (unpaired) electrons. The molecular weight excluding hydrogens is 228 g/mol. The van der Waals surface area contributed by atoms with E-state index in [1.54, 1.807) is 6.33 Å². The number of pyridine rings is 1. The highest BCUT2D eigenvalue weighted by atomic mass is 15.3. The van der Waals surface area contributed by atoms with Crippen LogP contribution in [-0.2, 0) is 19.6 Å². The van der Waals surface area contributed by atoms with E-state index < -0.39 is 0 Å². The average molecular weight is 244 g/mol. The van der Waals surface area contributed by atoms with Crippen molar-refractivity contribution in [3.8, 4) is 0 Å². The molecular formula is C12H16N6. The fourth-order valence-electron chi connectivity index (χ4n) is 2.26. The van der Waals surface area contributed by atoms with Gasteiger partial charge in [0.05, 0.1) is 6.54 Å². The van der Waals surface area contributed by atoms with Crippen LogP contribution in [0, 0.1) is 6.92 Å². The average Bonchev–Trinajstić information content (AvgIpc) is 2.85. The summed E-state index contributed by atoms with van der Waals surface area (Å²) in [5.74, 6) is 1.96. The Bertz CT molecular complexity index is 561. The molecule has 0 aliphatic carbocycles. The smallest absolute Gasteiger partial charge is 0.152 e. The van der Waals surface area contributed by atoms with Crippen molar-refractivity contribution in [1.29, 1.82) is 0 Å². The van der Waals surface area contributed by atoms with E-state index >= 15 is 0 Å². The van der Waals surface area contributed by atoms with Crippen molar-refractivity contribution < 1.29 is 0 Å². The Morgan fingerprint density at radius 1 is 1.33 bits per heavy atom. The molecule has 2 aromatic rings. The Hall–Kier alpha value is -1.95. The molecule has 0 saturated carbocycles. The summed E-state index contributed by atoms with van der Waals surface area (Å²) in [6.45, 7) is 5.11. The van der Waals surface area contributed by atoms with Crippen LogP contribution in [0.3, 0.4) is 0 Å². The minimum absolute atomic E-state index is 0.542. The van der Waals surface area contributed by atoms with Gasteiger partial charge >= 0.3 is 0 Å². The van der Waals surface area contributed by atoms with Crippen molar-refractivity contribution in [1.82, 2.24) is 19.7 Å². The lowest BCUT2D eigenvalue weighted by atomic mass is 10.2. The van der Waals surface area contributed by atoms with Gasteiger partial charge in [-0.05, 0) is 24.6 Å². The number of anilines is 1. The minimum atomic E-state index is 0.542. The van der Waals surface area contributed by atoms with Gasteiger partial charge in [-0.1, -0.05) is 0 Å². The molecule has 3 rings (SSSR count). The summed E-state index contributed by atoms with van der Waals surface area (Å²) in [6, 6.07) is 4.08. The lowest BCUT2D eigenvalue weighted by Crippen LogP contribution is -2.34. The van der Waals surface area contributed by atoms with Crippen LogP contribution < -0.4 is 10.6 Å². The summed E-state index contributed by atoms with van der Waals surface area (Å²) < 4.78 is 2.08. The van der Waals surface area contributed by atoms with Crippen LogP contribution >= 0.6 is 0 Å². The molecule has 94 valence electrons. The third kappa shape index (κ3) is 1.95. The van der Waals surface area contributed by atoms with Gasteiger partial charge in [0.25, 0.3) is 0 Å². The van der Waals surface area contributed by atoms with E-state index in [-0.39, 0.29) is 0 Å². The molecule has 1 aliphatic rings.